The first kappa shape index (κ1) is 28.3. The normalized spacial score (nSPS) is 33.6. The van der Waals surface area contributed by atoms with Gasteiger partial charge in [-0.05, 0) is 60.6 Å². The Kier molecular flexibility index (Phi) is 7.41. The fourth-order valence-corrected chi connectivity index (χ4v) is 7.47. The standard InChI is InChI=1S/C32H35Cl2N3O4/c1-17-5-4-6-24(19(17)3)36-30(39)28-32-14-13-25(41-32)26(29(38)35-22-12-7-18(2)23(34)15-22)27(32)31(40)37(28)16-20-8-10-21(33)11-9-20/h7-15,17,19,24-28H,4-6,16H2,1-3H3,(H,35,38)(H,36,39)/t17?,19?,24?,25-,26?,27-,28?,32?/m1/s1. The first-order valence-corrected chi connectivity index (χ1v) is 15.1. The summed E-state index contributed by atoms with van der Waals surface area (Å²) in [6.07, 6.45) is 6.15. The van der Waals surface area contributed by atoms with Crippen LogP contribution < -0.4 is 10.6 Å². The van der Waals surface area contributed by atoms with Crippen molar-refractivity contribution in [1.29, 1.82) is 0 Å². The minimum absolute atomic E-state index is 0.0159. The Morgan fingerprint density at radius 1 is 1.07 bits per heavy atom. The number of anilines is 1. The zero-order valence-electron chi connectivity index (χ0n) is 23.4. The van der Waals surface area contributed by atoms with Gasteiger partial charge in [0.25, 0.3) is 0 Å². The van der Waals surface area contributed by atoms with E-state index in [2.05, 4.69) is 24.5 Å². The Morgan fingerprint density at radius 3 is 2.56 bits per heavy atom. The number of carbonyl (C=O) groups is 3. The smallest absolute Gasteiger partial charge is 0.246 e. The highest BCUT2D eigenvalue weighted by Gasteiger charge is 2.72. The van der Waals surface area contributed by atoms with Crippen LogP contribution in [0.4, 0.5) is 5.69 Å². The molecule has 41 heavy (non-hydrogen) atoms. The molecule has 2 saturated heterocycles. The Balaban J connectivity index is 1.32. The van der Waals surface area contributed by atoms with Crippen LogP contribution >= 0.6 is 23.2 Å². The maximum absolute atomic E-state index is 14.2. The lowest BCUT2D eigenvalue weighted by atomic mass is 9.73. The second kappa shape index (κ2) is 10.8. The SMILES string of the molecule is Cc1ccc(NC(=O)C2[C@H]3C=CC4(O3)C(C(=O)NC3CCCC(C)C3C)N(Cc3ccc(Cl)cc3)C(=O)[C@@H]24)cc1Cl. The number of nitrogens with zero attached hydrogens (tertiary/aromatic N) is 1. The Bertz CT molecular complexity index is 1410. The quantitative estimate of drug-likeness (QED) is 0.430. The average molecular weight is 597 g/mol. The zero-order valence-corrected chi connectivity index (χ0v) is 24.9. The summed E-state index contributed by atoms with van der Waals surface area (Å²) < 4.78 is 6.48. The summed E-state index contributed by atoms with van der Waals surface area (Å²) in [5.74, 6) is -1.63. The summed E-state index contributed by atoms with van der Waals surface area (Å²) in [5.41, 5.74) is 1.05. The summed E-state index contributed by atoms with van der Waals surface area (Å²) in [5, 5.41) is 7.35. The van der Waals surface area contributed by atoms with Crippen molar-refractivity contribution >= 4 is 46.6 Å². The molecule has 1 spiro atoms. The molecule has 3 heterocycles. The Morgan fingerprint density at radius 2 is 1.83 bits per heavy atom. The number of nitrogens with one attached hydrogen (secondary N) is 2. The molecule has 2 N–H and O–H groups in total. The maximum atomic E-state index is 14.2. The number of fused-ring (bicyclic) bond motifs is 1. The van der Waals surface area contributed by atoms with Crippen LogP contribution in [-0.4, -0.2) is 46.4 Å². The minimum atomic E-state index is -1.23. The summed E-state index contributed by atoms with van der Waals surface area (Å²) in [6.45, 7) is 6.49. The largest absolute Gasteiger partial charge is 0.359 e. The van der Waals surface area contributed by atoms with Gasteiger partial charge >= 0.3 is 0 Å². The number of hydrogen-bond donors (Lipinski definition) is 2. The fourth-order valence-electron chi connectivity index (χ4n) is 7.17. The van der Waals surface area contributed by atoms with Gasteiger partial charge in [0.1, 0.15) is 11.6 Å². The van der Waals surface area contributed by atoms with Crippen molar-refractivity contribution in [2.75, 3.05) is 5.32 Å². The molecule has 3 aliphatic heterocycles. The van der Waals surface area contributed by atoms with Gasteiger partial charge in [0, 0.05) is 28.3 Å². The third-order valence-corrected chi connectivity index (χ3v) is 10.3. The first-order chi connectivity index (χ1) is 19.6. The predicted octanol–water partition coefficient (Wildman–Crippen LogP) is 5.53. The third-order valence-electron chi connectivity index (χ3n) is 9.67. The van der Waals surface area contributed by atoms with Crippen molar-refractivity contribution in [3.05, 3.63) is 75.8 Å². The van der Waals surface area contributed by atoms with Crippen LogP contribution in [0, 0.1) is 30.6 Å². The third kappa shape index (κ3) is 4.86. The van der Waals surface area contributed by atoms with Crippen molar-refractivity contribution in [1.82, 2.24) is 10.2 Å². The number of amides is 3. The molecule has 1 aliphatic carbocycles. The summed E-state index contributed by atoms with van der Waals surface area (Å²) in [7, 11) is 0. The van der Waals surface area contributed by atoms with Crippen molar-refractivity contribution in [2.45, 2.75) is 70.4 Å². The summed E-state index contributed by atoms with van der Waals surface area (Å²) in [4.78, 5) is 43.7. The number of benzene rings is 2. The minimum Gasteiger partial charge on any atom is -0.359 e. The van der Waals surface area contributed by atoms with Crippen LogP contribution in [0.1, 0.15) is 44.2 Å². The predicted molar refractivity (Wildman–Crippen MR) is 158 cm³/mol. The van der Waals surface area contributed by atoms with Crippen molar-refractivity contribution in [3.8, 4) is 0 Å². The van der Waals surface area contributed by atoms with E-state index in [1.54, 1.807) is 29.2 Å². The molecule has 6 rings (SSSR count). The topological polar surface area (TPSA) is 87.7 Å². The number of aryl methyl sites for hydroxylation is 1. The molecule has 6 unspecified atom stereocenters. The molecule has 7 nitrogen and oxygen atoms in total. The molecule has 2 aromatic carbocycles. The average Bonchev–Trinajstić information content (AvgIpc) is 3.58. The van der Waals surface area contributed by atoms with E-state index in [0.717, 1.165) is 30.4 Å². The maximum Gasteiger partial charge on any atom is 0.246 e. The molecule has 3 fully saturated rings. The van der Waals surface area contributed by atoms with Gasteiger partial charge in [-0.1, -0.05) is 80.2 Å². The molecule has 2 aromatic rings. The van der Waals surface area contributed by atoms with Gasteiger partial charge in [0.15, 0.2) is 0 Å². The number of rotatable bonds is 6. The van der Waals surface area contributed by atoms with E-state index < -0.39 is 29.6 Å². The van der Waals surface area contributed by atoms with E-state index in [9.17, 15) is 14.4 Å². The molecule has 1 saturated carbocycles. The molecular weight excluding hydrogens is 561 g/mol. The summed E-state index contributed by atoms with van der Waals surface area (Å²) in [6, 6.07) is 11.6. The van der Waals surface area contributed by atoms with Gasteiger partial charge in [0.2, 0.25) is 17.7 Å². The van der Waals surface area contributed by atoms with Gasteiger partial charge < -0.3 is 20.3 Å². The molecule has 0 aromatic heterocycles. The van der Waals surface area contributed by atoms with E-state index in [1.165, 1.54) is 0 Å². The van der Waals surface area contributed by atoms with E-state index in [-0.39, 0.29) is 30.3 Å². The van der Waals surface area contributed by atoms with Crippen LogP contribution in [0.15, 0.2) is 54.6 Å². The van der Waals surface area contributed by atoms with Gasteiger partial charge in [-0.25, -0.2) is 0 Å². The van der Waals surface area contributed by atoms with Crippen molar-refractivity contribution < 1.29 is 19.1 Å². The van der Waals surface area contributed by atoms with E-state index in [0.29, 0.717) is 27.6 Å². The molecule has 9 heteroatoms. The number of likely N-dealkylation sites (tertiary alicyclic amines) is 1. The van der Waals surface area contributed by atoms with E-state index in [4.69, 9.17) is 27.9 Å². The van der Waals surface area contributed by atoms with Crippen LogP contribution in [0.25, 0.3) is 0 Å². The van der Waals surface area contributed by atoms with Gasteiger partial charge in [-0.3, -0.25) is 14.4 Å². The van der Waals surface area contributed by atoms with Gasteiger partial charge in [-0.15, -0.1) is 0 Å². The monoisotopic (exact) mass is 595 g/mol. The highest BCUT2D eigenvalue weighted by atomic mass is 35.5. The second-order valence-electron chi connectivity index (χ2n) is 12.1. The molecule has 4 aliphatic rings. The summed E-state index contributed by atoms with van der Waals surface area (Å²) >= 11 is 12.4. The van der Waals surface area contributed by atoms with Crippen LogP contribution in [0.2, 0.25) is 10.0 Å². The van der Waals surface area contributed by atoms with Crippen molar-refractivity contribution in [3.63, 3.8) is 0 Å². The zero-order chi connectivity index (χ0) is 29.1. The molecule has 0 radical (unpaired) electrons. The number of ether oxygens (including phenoxy) is 1. The van der Waals surface area contributed by atoms with Crippen LogP contribution in [0.5, 0.6) is 0 Å². The number of halogens is 2. The van der Waals surface area contributed by atoms with Crippen molar-refractivity contribution in [2.24, 2.45) is 23.7 Å². The fraction of sp³-hybridized carbons (Fsp3) is 0.469. The van der Waals surface area contributed by atoms with Crippen LogP contribution in [0.3, 0.4) is 0 Å². The molecular formula is C32H35Cl2N3O4. The Hall–Kier alpha value is -2.87. The lowest BCUT2D eigenvalue weighted by Crippen LogP contribution is -2.57. The second-order valence-corrected chi connectivity index (χ2v) is 13.0. The Labute approximate surface area is 250 Å². The highest BCUT2D eigenvalue weighted by Crippen LogP contribution is 2.55. The van der Waals surface area contributed by atoms with E-state index >= 15 is 0 Å². The number of hydrogen-bond acceptors (Lipinski definition) is 4. The molecule has 2 bridgehead atoms. The van der Waals surface area contributed by atoms with Gasteiger partial charge in [0.05, 0.1) is 17.9 Å². The number of carbonyl (C=O) groups excluding carboxylic acids is 3. The molecule has 8 atom stereocenters. The highest BCUT2D eigenvalue weighted by molar-refractivity contribution is 6.31. The molecule has 216 valence electrons. The van der Waals surface area contributed by atoms with E-state index in [1.807, 2.05) is 37.3 Å². The van der Waals surface area contributed by atoms with Gasteiger partial charge in [-0.2, -0.15) is 0 Å². The lowest BCUT2D eigenvalue weighted by molar-refractivity contribution is -0.142. The van der Waals surface area contributed by atoms with Crippen LogP contribution in [-0.2, 0) is 25.7 Å². The first-order valence-electron chi connectivity index (χ1n) is 14.4. The lowest BCUT2D eigenvalue weighted by Gasteiger charge is -2.38. The molecule has 3 amide bonds.